The van der Waals surface area contributed by atoms with E-state index in [1.54, 1.807) is 56.3 Å². The average molecular weight is 365 g/mol. The molecule has 1 saturated heterocycles. The minimum absolute atomic E-state index is 0.318. The Labute approximate surface area is 157 Å². The molecule has 0 saturated carbocycles. The van der Waals surface area contributed by atoms with Crippen LogP contribution in [0.5, 0.6) is 17.2 Å². The fourth-order valence-corrected chi connectivity index (χ4v) is 2.75. The molecule has 0 spiro atoms. The summed E-state index contributed by atoms with van der Waals surface area (Å²) in [5, 5.41) is 11.9. The fraction of sp³-hybridized carbons (Fsp3) is 0.250. The number of imide groups is 1. The molecule has 0 aromatic heterocycles. The van der Waals surface area contributed by atoms with Crippen LogP contribution in [0.3, 0.4) is 0 Å². The number of anilines is 1. The van der Waals surface area contributed by atoms with Crippen molar-refractivity contribution in [3.05, 3.63) is 48.0 Å². The molecule has 2 aromatic carbocycles. The fourth-order valence-electron chi connectivity index (χ4n) is 2.75. The molecular weight excluding hydrogens is 346 g/mol. The van der Waals surface area contributed by atoms with Gasteiger partial charge in [0, 0.05) is 0 Å². The highest BCUT2D eigenvalue weighted by Crippen LogP contribution is 2.35. The number of carbonyl (C=O) groups excluding carboxylic acids is 2. The van der Waals surface area contributed by atoms with Crippen LogP contribution in [0, 0.1) is 11.3 Å². The van der Waals surface area contributed by atoms with Crippen molar-refractivity contribution in [1.82, 2.24) is 5.32 Å². The van der Waals surface area contributed by atoms with E-state index in [4.69, 9.17) is 9.47 Å². The number of urea groups is 1. The maximum Gasteiger partial charge on any atom is 0.329 e. The molecule has 7 heteroatoms. The smallest absolute Gasteiger partial charge is 0.329 e. The number of hydrogen-bond donors (Lipinski definition) is 1. The zero-order valence-corrected chi connectivity index (χ0v) is 15.3. The largest absolute Gasteiger partial charge is 0.489 e. The Morgan fingerprint density at radius 2 is 1.85 bits per heavy atom. The van der Waals surface area contributed by atoms with Gasteiger partial charge in [-0.15, -0.1) is 0 Å². The van der Waals surface area contributed by atoms with E-state index in [1.807, 2.05) is 6.92 Å². The van der Waals surface area contributed by atoms with Crippen molar-refractivity contribution in [3.8, 4) is 23.3 Å². The summed E-state index contributed by atoms with van der Waals surface area (Å²) in [6.07, 6.45) is 0. The molecule has 1 heterocycles. The van der Waals surface area contributed by atoms with Crippen LogP contribution in [-0.4, -0.2) is 24.1 Å². The van der Waals surface area contributed by atoms with Crippen LogP contribution in [0.2, 0.25) is 0 Å². The van der Waals surface area contributed by atoms with Gasteiger partial charge in [0.1, 0.15) is 17.4 Å². The van der Waals surface area contributed by atoms with Crippen LogP contribution >= 0.6 is 0 Å². The molecule has 2 aromatic rings. The number of ether oxygens (including phenoxy) is 2. The van der Waals surface area contributed by atoms with Gasteiger partial charge in [0.25, 0.3) is 5.91 Å². The number of nitriles is 1. The third-order valence-corrected chi connectivity index (χ3v) is 4.07. The summed E-state index contributed by atoms with van der Waals surface area (Å²) in [5.41, 5.74) is -0.102. The number of hydrogen-bond acceptors (Lipinski definition) is 5. The summed E-state index contributed by atoms with van der Waals surface area (Å²) in [4.78, 5) is 25.5. The van der Waals surface area contributed by atoms with Crippen molar-refractivity contribution in [2.24, 2.45) is 0 Å². The van der Waals surface area contributed by atoms with E-state index in [0.29, 0.717) is 35.1 Å². The number of amides is 3. The molecule has 0 radical (unpaired) electrons. The first-order chi connectivity index (χ1) is 12.9. The molecule has 138 valence electrons. The molecule has 3 rings (SSSR count). The van der Waals surface area contributed by atoms with E-state index in [1.165, 1.54) is 0 Å². The normalized spacial score (nSPS) is 15.3. The van der Waals surface area contributed by atoms with Crippen LogP contribution in [0.15, 0.2) is 42.5 Å². The van der Waals surface area contributed by atoms with Crippen LogP contribution in [0.4, 0.5) is 10.5 Å². The standard InChI is InChI=1S/C20H19N3O4/c1-4-26-17-13(12-21)6-5-7-16(17)27-15-10-8-14(9-11-15)23-18(24)20(2,3)22-19(23)25/h5-11H,4H2,1-3H3,(H,22,25). The summed E-state index contributed by atoms with van der Waals surface area (Å²) in [5.74, 6) is 0.963. The lowest BCUT2D eigenvalue weighted by molar-refractivity contribution is -0.121. The molecular formula is C20H19N3O4. The number of benzene rings is 2. The molecule has 1 aliphatic heterocycles. The molecule has 0 atom stereocenters. The predicted molar refractivity (Wildman–Crippen MR) is 98.9 cm³/mol. The highest BCUT2D eigenvalue weighted by atomic mass is 16.5. The third kappa shape index (κ3) is 3.42. The van der Waals surface area contributed by atoms with Gasteiger partial charge in [-0.3, -0.25) is 4.79 Å². The van der Waals surface area contributed by atoms with Crippen molar-refractivity contribution in [3.63, 3.8) is 0 Å². The van der Waals surface area contributed by atoms with Gasteiger partial charge in [-0.05, 0) is 57.2 Å². The number of para-hydroxylation sites is 1. The van der Waals surface area contributed by atoms with E-state index in [0.717, 1.165) is 4.90 Å². The highest BCUT2D eigenvalue weighted by Gasteiger charge is 2.45. The predicted octanol–water partition coefficient (Wildman–Crippen LogP) is 3.58. The highest BCUT2D eigenvalue weighted by molar-refractivity contribution is 6.23. The van der Waals surface area contributed by atoms with Gasteiger partial charge in [-0.2, -0.15) is 5.26 Å². The van der Waals surface area contributed by atoms with Crippen LogP contribution < -0.4 is 19.7 Å². The summed E-state index contributed by atoms with van der Waals surface area (Å²) >= 11 is 0. The molecule has 0 aliphatic carbocycles. The molecule has 0 bridgehead atoms. The first-order valence-corrected chi connectivity index (χ1v) is 8.48. The number of carbonyl (C=O) groups is 2. The summed E-state index contributed by atoms with van der Waals surface area (Å²) < 4.78 is 11.4. The number of rotatable bonds is 5. The third-order valence-electron chi connectivity index (χ3n) is 4.07. The van der Waals surface area contributed by atoms with E-state index in [-0.39, 0.29) is 5.91 Å². The summed E-state index contributed by atoms with van der Waals surface area (Å²) in [7, 11) is 0. The molecule has 3 amide bonds. The van der Waals surface area contributed by atoms with Gasteiger partial charge in [-0.25, -0.2) is 9.69 Å². The lowest BCUT2D eigenvalue weighted by Crippen LogP contribution is -2.40. The van der Waals surface area contributed by atoms with E-state index >= 15 is 0 Å². The minimum Gasteiger partial charge on any atom is -0.489 e. The van der Waals surface area contributed by atoms with Gasteiger partial charge in [-0.1, -0.05) is 6.07 Å². The first-order valence-electron chi connectivity index (χ1n) is 8.48. The summed E-state index contributed by atoms with van der Waals surface area (Å²) in [6.45, 7) is 5.53. The van der Waals surface area contributed by atoms with Crippen molar-refractivity contribution in [2.45, 2.75) is 26.3 Å². The summed E-state index contributed by atoms with van der Waals surface area (Å²) in [6, 6.07) is 13.2. The van der Waals surface area contributed by atoms with Crippen LogP contribution in [-0.2, 0) is 4.79 Å². The second-order valence-corrected chi connectivity index (χ2v) is 6.47. The number of nitrogens with one attached hydrogen (secondary N) is 1. The Kier molecular flexibility index (Phi) is 4.74. The zero-order valence-electron chi connectivity index (χ0n) is 15.3. The maximum absolute atomic E-state index is 12.4. The molecule has 7 nitrogen and oxygen atoms in total. The van der Waals surface area contributed by atoms with Crippen molar-refractivity contribution in [1.29, 1.82) is 5.26 Å². The zero-order chi connectivity index (χ0) is 19.6. The monoisotopic (exact) mass is 365 g/mol. The second kappa shape index (κ2) is 7.00. The molecule has 1 aliphatic rings. The molecule has 1 N–H and O–H groups in total. The van der Waals surface area contributed by atoms with Gasteiger partial charge >= 0.3 is 6.03 Å². The number of nitrogens with zero attached hydrogens (tertiary/aromatic N) is 2. The Hall–Kier alpha value is -3.53. The molecule has 1 fully saturated rings. The van der Waals surface area contributed by atoms with E-state index < -0.39 is 11.6 Å². The van der Waals surface area contributed by atoms with Crippen molar-refractivity contribution >= 4 is 17.6 Å². The molecule has 27 heavy (non-hydrogen) atoms. The van der Waals surface area contributed by atoms with Crippen LogP contribution in [0.1, 0.15) is 26.3 Å². The SMILES string of the molecule is CCOc1c(C#N)cccc1Oc1ccc(N2C(=O)NC(C)(C)C2=O)cc1. The van der Waals surface area contributed by atoms with E-state index in [9.17, 15) is 14.9 Å². The van der Waals surface area contributed by atoms with Crippen molar-refractivity contribution < 1.29 is 19.1 Å². The minimum atomic E-state index is -0.934. The molecule has 0 unspecified atom stereocenters. The van der Waals surface area contributed by atoms with E-state index in [2.05, 4.69) is 11.4 Å². The topological polar surface area (TPSA) is 91.7 Å². The Balaban J connectivity index is 1.85. The second-order valence-electron chi connectivity index (χ2n) is 6.47. The van der Waals surface area contributed by atoms with Gasteiger partial charge < -0.3 is 14.8 Å². The Morgan fingerprint density at radius 1 is 1.15 bits per heavy atom. The van der Waals surface area contributed by atoms with Crippen LogP contribution in [0.25, 0.3) is 0 Å². The average Bonchev–Trinajstić information content (AvgIpc) is 2.84. The lowest BCUT2D eigenvalue weighted by Gasteiger charge is -2.17. The van der Waals surface area contributed by atoms with Gasteiger partial charge in [0.15, 0.2) is 11.5 Å². The van der Waals surface area contributed by atoms with Crippen molar-refractivity contribution in [2.75, 3.05) is 11.5 Å². The lowest BCUT2D eigenvalue weighted by atomic mass is 10.1. The quantitative estimate of drug-likeness (QED) is 0.818. The first kappa shape index (κ1) is 18.3. The maximum atomic E-state index is 12.4. The van der Waals surface area contributed by atoms with Gasteiger partial charge in [0.05, 0.1) is 17.9 Å². The Bertz CT molecular complexity index is 929. The Morgan fingerprint density at radius 3 is 2.41 bits per heavy atom. The van der Waals surface area contributed by atoms with Gasteiger partial charge in [0.2, 0.25) is 0 Å².